The summed E-state index contributed by atoms with van der Waals surface area (Å²) >= 11 is 6.00. The van der Waals surface area contributed by atoms with E-state index in [9.17, 15) is 9.59 Å². The minimum absolute atomic E-state index is 0.116. The Hall–Kier alpha value is -3.70. The Morgan fingerprint density at radius 1 is 1.06 bits per heavy atom. The zero-order valence-electron chi connectivity index (χ0n) is 18.0. The van der Waals surface area contributed by atoms with Gasteiger partial charge in [0.05, 0.1) is 33.8 Å². The molecule has 0 aromatic heterocycles. The third-order valence-corrected chi connectivity index (χ3v) is 4.58. The second-order valence-corrected chi connectivity index (χ2v) is 6.76. The average molecular weight is 459 g/mol. The second-order valence-electron chi connectivity index (χ2n) is 6.32. The van der Waals surface area contributed by atoms with Crippen LogP contribution in [0.4, 0.5) is 5.69 Å². The summed E-state index contributed by atoms with van der Waals surface area (Å²) in [5.41, 5.74) is 1.07. The quantitative estimate of drug-likeness (QED) is 0.393. The van der Waals surface area contributed by atoms with E-state index in [0.717, 1.165) is 0 Å². The predicted octanol–water partition coefficient (Wildman–Crippen LogP) is 3.87. The molecule has 0 aliphatic heterocycles. The van der Waals surface area contributed by atoms with Gasteiger partial charge in [0, 0.05) is 35.0 Å². The molecule has 0 aliphatic rings. The maximum absolute atomic E-state index is 12.6. The van der Waals surface area contributed by atoms with Gasteiger partial charge in [-0.05, 0) is 30.3 Å². The maximum Gasteiger partial charge on any atom is 0.331 e. The molecule has 8 nitrogen and oxygen atoms in total. The van der Waals surface area contributed by atoms with Crippen LogP contribution in [-0.4, -0.2) is 46.4 Å². The molecule has 1 amide bonds. The zero-order chi connectivity index (χ0) is 23.5. The number of benzene rings is 2. The molecule has 0 N–H and O–H groups in total. The lowest BCUT2D eigenvalue weighted by Crippen LogP contribution is -2.35. The average Bonchev–Trinajstić information content (AvgIpc) is 2.80. The molecule has 0 unspecified atom stereocenters. The number of ether oxygens (including phenoxy) is 4. The van der Waals surface area contributed by atoms with Crippen molar-refractivity contribution in [2.24, 2.45) is 0 Å². The molecule has 168 valence electrons. The first-order chi connectivity index (χ1) is 15.4. The highest BCUT2D eigenvalue weighted by Gasteiger charge is 2.17. The van der Waals surface area contributed by atoms with Gasteiger partial charge in [-0.2, -0.15) is 5.26 Å². The van der Waals surface area contributed by atoms with Gasteiger partial charge in [-0.15, -0.1) is 0 Å². The monoisotopic (exact) mass is 458 g/mol. The number of amides is 1. The van der Waals surface area contributed by atoms with E-state index in [0.29, 0.717) is 33.5 Å². The molecule has 9 heteroatoms. The summed E-state index contributed by atoms with van der Waals surface area (Å²) in [6.07, 6.45) is 2.78. The number of hydrogen-bond acceptors (Lipinski definition) is 7. The minimum Gasteiger partial charge on any atom is -0.496 e. The number of esters is 1. The van der Waals surface area contributed by atoms with Crippen molar-refractivity contribution >= 4 is 35.2 Å². The topological polar surface area (TPSA) is 98.1 Å². The highest BCUT2D eigenvalue weighted by molar-refractivity contribution is 6.30. The van der Waals surface area contributed by atoms with E-state index in [1.807, 2.05) is 6.07 Å². The van der Waals surface area contributed by atoms with Crippen LogP contribution in [0.25, 0.3) is 6.08 Å². The number of nitriles is 1. The number of halogens is 1. The molecular weight excluding hydrogens is 436 g/mol. The van der Waals surface area contributed by atoms with Gasteiger partial charge in [-0.25, -0.2) is 4.79 Å². The molecule has 0 radical (unpaired) electrons. The number of rotatable bonds is 10. The third kappa shape index (κ3) is 6.65. The van der Waals surface area contributed by atoms with Crippen LogP contribution in [0.3, 0.4) is 0 Å². The molecule has 0 fully saturated rings. The smallest absolute Gasteiger partial charge is 0.331 e. The van der Waals surface area contributed by atoms with Crippen molar-refractivity contribution in [3.05, 3.63) is 53.1 Å². The fourth-order valence-electron chi connectivity index (χ4n) is 2.80. The van der Waals surface area contributed by atoms with Gasteiger partial charge in [0.2, 0.25) is 0 Å². The fourth-order valence-corrected chi connectivity index (χ4v) is 2.99. The summed E-state index contributed by atoms with van der Waals surface area (Å²) in [6.45, 7) is -0.351. The predicted molar refractivity (Wildman–Crippen MR) is 120 cm³/mol. The van der Waals surface area contributed by atoms with Gasteiger partial charge in [0.1, 0.15) is 5.75 Å². The molecule has 0 saturated heterocycles. The highest BCUT2D eigenvalue weighted by Crippen LogP contribution is 2.35. The molecule has 0 aliphatic carbocycles. The standard InChI is InChI=1S/C23H23ClN2O6/c1-29-19-14-21(31-3)20(30-2)12-16(19)8-9-23(28)32-15-22(27)26(11-5-10-25)18-7-4-6-17(24)13-18/h4,6-9,12-14H,5,11,15H2,1-3H3/b9-8+. The maximum atomic E-state index is 12.6. The first-order valence-electron chi connectivity index (χ1n) is 9.51. The van der Waals surface area contributed by atoms with Crippen LogP contribution in [0.15, 0.2) is 42.5 Å². The molecular formula is C23H23ClN2O6. The Morgan fingerprint density at radius 2 is 1.75 bits per heavy atom. The van der Waals surface area contributed by atoms with Crippen LogP contribution in [0.2, 0.25) is 5.02 Å². The van der Waals surface area contributed by atoms with E-state index in [-0.39, 0.29) is 13.0 Å². The van der Waals surface area contributed by atoms with Crippen LogP contribution >= 0.6 is 11.6 Å². The SMILES string of the molecule is COc1cc(OC)c(OC)cc1/C=C/C(=O)OCC(=O)N(CCC#N)c1cccc(Cl)c1. The summed E-state index contributed by atoms with van der Waals surface area (Å²) in [7, 11) is 4.49. The second kappa shape index (κ2) is 12.2. The number of carbonyl (C=O) groups is 2. The Balaban J connectivity index is 2.08. The lowest BCUT2D eigenvalue weighted by Gasteiger charge is -2.21. The Kier molecular flexibility index (Phi) is 9.39. The molecule has 0 atom stereocenters. The van der Waals surface area contributed by atoms with Crippen LogP contribution < -0.4 is 19.1 Å². The zero-order valence-corrected chi connectivity index (χ0v) is 18.7. The van der Waals surface area contributed by atoms with E-state index in [4.69, 9.17) is 35.8 Å². The van der Waals surface area contributed by atoms with Crippen LogP contribution in [-0.2, 0) is 14.3 Å². The van der Waals surface area contributed by atoms with Crippen LogP contribution in [0, 0.1) is 11.3 Å². The first kappa shape index (κ1) is 24.6. The number of hydrogen-bond donors (Lipinski definition) is 0. The summed E-state index contributed by atoms with van der Waals surface area (Å²) in [5, 5.41) is 9.32. The third-order valence-electron chi connectivity index (χ3n) is 4.34. The highest BCUT2D eigenvalue weighted by atomic mass is 35.5. The molecule has 32 heavy (non-hydrogen) atoms. The molecule has 2 aromatic carbocycles. The van der Waals surface area contributed by atoms with Crippen LogP contribution in [0.5, 0.6) is 17.2 Å². The van der Waals surface area contributed by atoms with E-state index in [2.05, 4.69) is 0 Å². The van der Waals surface area contributed by atoms with Gasteiger partial charge in [0.25, 0.3) is 5.91 Å². The molecule has 0 heterocycles. The summed E-state index contributed by atoms with van der Waals surface area (Å²) in [6, 6.07) is 11.9. The fraction of sp³-hybridized carbons (Fsp3) is 0.261. The molecule has 2 rings (SSSR count). The lowest BCUT2D eigenvalue weighted by molar-refractivity contribution is -0.142. The van der Waals surface area contributed by atoms with E-state index < -0.39 is 18.5 Å². The van der Waals surface area contributed by atoms with Gasteiger partial charge in [0.15, 0.2) is 18.1 Å². The van der Waals surface area contributed by atoms with Crippen molar-refractivity contribution in [1.29, 1.82) is 5.26 Å². The summed E-state index contributed by atoms with van der Waals surface area (Å²) < 4.78 is 20.9. The Morgan fingerprint density at radius 3 is 2.38 bits per heavy atom. The van der Waals surface area contributed by atoms with Gasteiger partial charge in [-0.1, -0.05) is 17.7 Å². The van der Waals surface area contributed by atoms with Gasteiger partial charge >= 0.3 is 5.97 Å². The van der Waals surface area contributed by atoms with Gasteiger partial charge in [-0.3, -0.25) is 4.79 Å². The van der Waals surface area contributed by atoms with Crippen molar-refractivity contribution in [1.82, 2.24) is 0 Å². The van der Waals surface area contributed by atoms with Crippen molar-refractivity contribution in [3.63, 3.8) is 0 Å². The van der Waals surface area contributed by atoms with E-state index in [1.165, 1.54) is 38.4 Å². The number of nitrogens with zero attached hydrogens (tertiary/aromatic N) is 2. The van der Waals surface area contributed by atoms with Crippen molar-refractivity contribution in [3.8, 4) is 23.3 Å². The van der Waals surface area contributed by atoms with Gasteiger partial charge < -0.3 is 23.8 Å². The Bertz CT molecular complexity index is 1030. The normalized spacial score (nSPS) is 10.3. The van der Waals surface area contributed by atoms with Crippen molar-refractivity contribution in [2.75, 3.05) is 39.4 Å². The first-order valence-corrected chi connectivity index (χ1v) is 9.89. The molecule has 0 bridgehead atoms. The minimum atomic E-state index is -0.721. The number of methoxy groups -OCH3 is 3. The largest absolute Gasteiger partial charge is 0.496 e. The molecule has 0 saturated carbocycles. The molecule has 0 spiro atoms. The summed E-state index contributed by atoms with van der Waals surface area (Å²) in [4.78, 5) is 26.1. The van der Waals surface area contributed by atoms with Crippen LogP contribution in [0.1, 0.15) is 12.0 Å². The number of carbonyl (C=O) groups excluding carboxylic acids is 2. The summed E-state index contributed by atoms with van der Waals surface area (Å²) in [5.74, 6) is 0.209. The van der Waals surface area contributed by atoms with Crippen molar-refractivity contribution in [2.45, 2.75) is 6.42 Å². The van der Waals surface area contributed by atoms with Crippen molar-refractivity contribution < 1.29 is 28.5 Å². The molecule has 2 aromatic rings. The van der Waals surface area contributed by atoms with E-state index >= 15 is 0 Å². The number of anilines is 1. The lowest BCUT2D eigenvalue weighted by atomic mass is 10.1. The van der Waals surface area contributed by atoms with E-state index in [1.54, 1.807) is 36.4 Å². The Labute approximate surface area is 191 Å².